The fourth-order valence-corrected chi connectivity index (χ4v) is 1.39. The second-order valence-corrected chi connectivity index (χ2v) is 3.59. The number of nitrogens with zero attached hydrogens (tertiary/aromatic N) is 1. The van der Waals surface area contributed by atoms with E-state index in [1.165, 1.54) is 6.20 Å². The van der Waals surface area contributed by atoms with Crippen LogP contribution in [0.5, 0.6) is 0 Å². The average molecular weight is 255 g/mol. The minimum atomic E-state index is -1.63. The molecule has 4 nitrogen and oxygen atoms in total. The van der Waals surface area contributed by atoms with Crippen LogP contribution in [0.3, 0.4) is 0 Å². The normalized spacial score (nSPS) is 10.4. The monoisotopic (exact) mass is 255 g/mol. The third-order valence-electron chi connectivity index (χ3n) is 2.36. The van der Waals surface area contributed by atoms with Gasteiger partial charge in [0.1, 0.15) is 0 Å². The molecule has 0 unspecified atom stereocenters. The smallest absolute Gasteiger partial charge is 0.259 e. The lowest BCUT2D eigenvalue weighted by Gasteiger charge is -2.06. The molecule has 0 atom stereocenters. The first-order valence-corrected chi connectivity index (χ1v) is 4.95. The fourth-order valence-electron chi connectivity index (χ4n) is 1.39. The van der Waals surface area contributed by atoms with Crippen molar-refractivity contribution in [3.8, 4) is 0 Å². The summed E-state index contributed by atoms with van der Waals surface area (Å²) < 4.78 is 38.9. The average Bonchev–Trinajstić information content (AvgIpc) is 2.76. The maximum atomic E-state index is 13.3. The van der Waals surface area contributed by atoms with Gasteiger partial charge in [0.05, 0.1) is 17.4 Å². The van der Waals surface area contributed by atoms with Gasteiger partial charge in [0.2, 0.25) is 0 Å². The van der Waals surface area contributed by atoms with E-state index >= 15 is 0 Å². The predicted octanol–water partition coefficient (Wildman–Crippen LogP) is 2.39. The Morgan fingerprint density at radius 3 is 2.61 bits per heavy atom. The predicted molar refractivity (Wildman–Crippen MR) is 57.6 cm³/mol. The molecular weight excluding hydrogens is 247 g/mol. The minimum absolute atomic E-state index is 0.194. The summed E-state index contributed by atoms with van der Waals surface area (Å²) in [6.45, 7) is 1.60. The van der Waals surface area contributed by atoms with Crippen molar-refractivity contribution < 1.29 is 18.0 Å². The Hall–Kier alpha value is -2.31. The molecule has 0 aliphatic rings. The SMILES string of the molecule is Cc1[nH]ncc1C(=O)Nc1ccc(F)c(F)c1F. The van der Waals surface area contributed by atoms with Crippen LogP contribution in [0, 0.1) is 24.4 Å². The molecule has 0 fully saturated rings. The van der Waals surface area contributed by atoms with Gasteiger partial charge in [-0.2, -0.15) is 5.10 Å². The van der Waals surface area contributed by atoms with Gasteiger partial charge < -0.3 is 5.32 Å². The number of carbonyl (C=O) groups excluding carboxylic acids is 1. The zero-order valence-corrected chi connectivity index (χ0v) is 9.22. The van der Waals surface area contributed by atoms with Crippen LogP contribution in [-0.2, 0) is 0 Å². The molecule has 0 saturated heterocycles. The van der Waals surface area contributed by atoms with E-state index in [0.29, 0.717) is 5.69 Å². The molecule has 7 heteroatoms. The van der Waals surface area contributed by atoms with Gasteiger partial charge in [0.15, 0.2) is 17.5 Å². The Kier molecular flexibility index (Phi) is 3.05. The van der Waals surface area contributed by atoms with Crippen molar-refractivity contribution in [1.29, 1.82) is 0 Å². The molecule has 0 bridgehead atoms. The first kappa shape index (κ1) is 12.2. The van der Waals surface area contributed by atoms with Crippen LogP contribution < -0.4 is 5.32 Å². The van der Waals surface area contributed by atoms with E-state index in [1.54, 1.807) is 6.92 Å². The highest BCUT2D eigenvalue weighted by atomic mass is 19.2. The van der Waals surface area contributed by atoms with Gasteiger partial charge in [-0.1, -0.05) is 0 Å². The van der Waals surface area contributed by atoms with Gasteiger partial charge in [0, 0.05) is 5.69 Å². The molecule has 2 rings (SSSR count). The first-order valence-electron chi connectivity index (χ1n) is 4.95. The largest absolute Gasteiger partial charge is 0.319 e. The van der Waals surface area contributed by atoms with Gasteiger partial charge in [-0.3, -0.25) is 9.89 Å². The third-order valence-corrected chi connectivity index (χ3v) is 2.36. The molecule has 1 aromatic carbocycles. The van der Waals surface area contributed by atoms with Crippen molar-refractivity contribution in [3.63, 3.8) is 0 Å². The van der Waals surface area contributed by atoms with Crippen LogP contribution in [-0.4, -0.2) is 16.1 Å². The number of aromatic amines is 1. The number of H-pyrrole nitrogens is 1. The lowest BCUT2D eigenvalue weighted by Crippen LogP contribution is -2.14. The first-order chi connectivity index (χ1) is 8.50. The summed E-state index contributed by atoms with van der Waals surface area (Å²) in [5.41, 5.74) is 0.245. The van der Waals surface area contributed by atoms with Crippen molar-refractivity contribution in [2.75, 3.05) is 5.32 Å². The van der Waals surface area contributed by atoms with E-state index < -0.39 is 29.0 Å². The molecule has 18 heavy (non-hydrogen) atoms. The van der Waals surface area contributed by atoms with Crippen molar-refractivity contribution in [2.45, 2.75) is 6.92 Å². The van der Waals surface area contributed by atoms with Crippen molar-refractivity contribution in [2.24, 2.45) is 0 Å². The van der Waals surface area contributed by atoms with Gasteiger partial charge in [-0.25, -0.2) is 13.2 Å². The van der Waals surface area contributed by atoms with Crippen LogP contribution in [0.1, 0.15) is 16.1 Å². The summed E-state index contributed by atoms with van der Waals surface area (Å²) in [4.78, 5) is 11.7. The Morgan fingerprint density at radius 2 is 2.00 bits per heavy atom. The highest BCUT2D eigenvalue weighted by molar-refractivity contribution is 6.04. The molecule has 0 aliphatic heterocycles. The number of hydrogen-bond donors (Lipinski definition) is 2. The summed E-state index contributed by atoms with van der Waals surface area (Å²) in [7, 11) is 0. The van der Waals surface area contributed by atoms with E-state index in [0.717, 1.165) is 12.1 Å². The number of aryl methyl sites for hydroxylation is 1. The number of hydrogen-bond acceptors (Lipinski definition) is 2. The number of aromatic nitrogens is 2. The highest BCUT2D eigenvalue weighted by Crippen LogP contribution is 2.20. The van der Waals surface area contributed by atoms with Crippen LogP contribution in [0.2, 0.25) is 0 Å². The molecule has 0 radical (unpaired) electrons. The summed E-state index contributed by atoms with van der Waals surface area (Å²) >= 11 is 0. The van der Waals surface area contributed by atoms with Crippen LogP contribution in [0.15, 0.2) is 18.3 Å². The molecule has 1 amide bonds. The van der Waals surface area contributed by atoms with Crippen molar-refractivity contribution in [3.05, 3.63) is 47.0 Å². The second kappa shape index (κ2) is 4.52. The lowest BCUT2D eigenvalue weighted by atomic mass is 10.2. The van der Waals surface area contributed by atoms with E-state index in [1.807, 2.05) is 0 Å². The number of halogens is 3. The number of carbonyl (C=O) groups is 1. The number of benzene rings is 1. The maximum Gasteiger partial charge on any atom is 0.259 e. The van der Waals surface area contributed by atoms with Crippen LogP contribution >= 0.6 is 0 Å². The van der Waals surface area contributed by atoms with Crippen molar-refractivity contribution >= 4 is 11.6 Å². The van der Waals surface area contributed by atoms with E-state index in [-0.39, 0.29) is 5.56 Å². The molecule has 0 aliphatic carbocycles. The van der Waals surface area contributed by atoms with E-state index in [9.17, 15) is 18.0 Å². The molecular formula is C11H8F3N3O. The quantitative estimate of drug-likeness (QED) is 0.809. The minimum Gasteiger partial charge on any atom is -0.319 e. The summed E-state index contributed by atoms with van der Waals surface area (Å²) in [6.07, 6.45) is 1.25. The standard InChI is InChI=1S/C11H8F3N3O/c1-5-6(4-15-17-5)11(18)16-8-3-2-7(12)9(13)10(8)14/h2-4H,1H3,(H,15,17)(H,16,18). The molecule has 2 N–H and O–H groups in total. The molecule has 0 spiro atoms. The number of rotatable bonds is 2. The Morgan fingerprint density at radius 1 is 1.28 bits per heavy atom. The van der Waals surface area contributed by atoms with Gasteiger partial charge in [-0.15, -0.1) is 0 Å². The number of nitrogens with one attached hydrogen (secondary N) is 2. The van der Waals surface area contributed by atoms with Crippen LogP contribution in [0.4, 0.5) is 18.9 Å². The summed E-state index contributed by atoms with van der Waals surface area (Å²) in [5.74, 6) is -5.04. The van der Waals surface area contributed by atoms with E-state index in [2.05, 4.69) is 15.5 Å². The number of anilines is 1. The van der Waals surface area contributed by atoms with Crippen molar-refractivity contribution in [1.82, 2.24) is 10.2 Å². The van der Waals surface area contributed by atoms with E-state index in [4.69, 9.17) is 0 Å². The summed E-state index contributed by atoms with van der Waals surface area (Å²) in [5, 5.41) is 8.30. The molecule has 94 valence electrons. The Balaban J connectivity index is 2.28. The fraction of sp³-hybridized carbons (Fsp3) is 0.0909. The number of amides is 1. The van der Waals surface area contributed by atoms with Crippen LogP contribution in [0.25, 0.3) is 0 Å². The van der Waals surface area contributed by atoms with Gasteiger partial charge >= 0.3 is 0 Å². The van der Waals surface area contributed by atoms with Gasteiger partial charge in [-0.05, 0) is 19.1 Å². The summed E-state index contributed by atoms with van der Waals surface area (Å²) in [6, 6.07) is 1.68. The highest BCUT2D eigenvalue weighted by Gasteiger charge is 2.17. The zero-order valence-electron chi connectivity index (χ0n) is 9.22. The molecule has 1 heterocycles. The van der Waals surface area contributed by atoms with Gasteiger partial charge in [0.25, 0.3) is 5.91 Å². The Labute approximate surface area is 99.8 Å². The topological polar surface area (TPSA) is 57.8 Å². The molecule has 2 aromatic rings. The molecule has 1 aromatic heterocycles. The zero-order chi connectivity index (χ0) is 13.3. The Bertz CT molecular complexity index is 610. The second-order valence-electron chi connectivity index (χ2n) is 3.59. The third kappa shape index (κ3) is 2.06. The lowest BCUT2D eigenvalue weighted by molar-refractivity contribution is 0.102. The molecule has 0 saturated carbocycles. The maximum absolute atomic E-state index is 13.3.